The minimum absolute atomic E-state index is 0.156. The third-order valence-electron chi connectivity index (χ3n) is 5.80. The van der Waals surface area contributed by atoms with E-state index in [1.165, 1.54) is 22.6 Å². The zero-order valence-electron chi connectivity index (χ0n) is 20.5. The standard InChI is InChI=1S/C29H33FN2O3/c1-4-31-29(34)27(18-22-8-6-5-7-9-22)32(19-23-10-14-25(30)15-11-23)28(33)20-35-26-16-12-24(13-17-26)21(2)3/h5-17,21,27H,4,18-20H2,1-3H3,(H,31,34)/t27-/m0/s1. The van der Waals surface area contributed by atoms with E-state index in [0.717, 1.165) is 11.1 Å². The molecule has 3 aromatic rings. The van der Waals surface area contributed by atoms with Gasteiger partial charge in [0.25, 0.3) is 5.91 Å². The largest absolute Gasteiger partial charge is 0.484 e. The maximum atomic E-state index is 13.5. The summed E-state index contributed by atoms with van der Waals surface area (Å²) in [5.74, 6) is 0.0571. The Morgan fingerprint density at radius 1 is 0.914 bits per heavy atom. The van der Waals surface area contributed by atoms with Crippen LogP contribution < -0.4 is 10.1 Å². The molecule has 1 atom stereocenters. The van der Waals surface area contributed by atoms with Crippen LogP contribution in [0, 0.1) is 5.82 Å². The second-order valence-electron chi connectivity index (χ2n) is 8.76. The third kappa shape index (κ3) is 7.67. The molecule has 0 bridgehead atoms. The van der Waals surface area contributed by atoms with Crippen LogP contribution in [0.5, 0.6) is 5.75 Å². The van der Waals surface area contributed by atoms with E-state index in [-0.39, 0.29) is 30.8 Å². The minimum Gasteiger partial charge on any atom is -0.484 e. The Labute approximate surface area is 206 Å². The van der Waals surface area contributed by atoms with E-state index in [0.29, 0.717) is 24.6 Å². The number of hydrogen-bond donors (Lipinski definition) is 1. The van der Waals surface area contributed by atoms with E-state index in [1.54, 1.807) is 12.1 Å². The number of carbonyl (C=O) groups excluding carboxylic acids is 2. The van der Waals surface area contributed by atoms with Crippen molar-refractivity contribution < 1.29 is 18.7 Å². The number of carbonyl (C=O) groups is 2. The van der Waals surface area contributed by atoms with Crippen molar-refractivity contribution in [3.63, 3.8) is 0 Å². The van der Waals surface area contributed by atoms with Gasteiger partial charge in [0.05, 0.1) is 0 Å². The van der Waals surface area contributed by atoms with E-state index >= 15 is 0 Å². The van der Waals surface area contributed by atoms with Gasteiger partial charge in [0, 0.05) is 19.5 Å². The van der Waals surface area contributed by atoms with Crippen molar-refractivity contribution in [2.75, 3.05) is 13.2 Å². The Hall–Kier alpha value is -3.67. The van der Waals surface area contributed by atoms with Gasteiger partial charge >= 0.3 is 0 Å². The van der Waals surface area contributed by atoms with Gasteiger partial charge < -0.3 is 15.0 Å². The highest BCUT2D eigenvalue weighted by Gasteiger charge is 2.30. The number of nitrogens with zero attached hydrogens (tertiary/aromatic N) is 1. The quantitative estimate of drug-likeness (QED) is 0.419. The molecule has 0 aromatic heterocycles. The van der Waals surface area contributed by atoms with Crippen LogP contribution in [-0.4, -0.2) is 35.9 Å². The van der Waals surface area contributed by atoms with E-state index in [2.05, 4.69) is 19.2 Å². The molecule has 0 heterocycles. The Bertz CT molecular complexity index is 1080. The summed E-state index contributed by atoms with van der Waals surface area (Å²) in [6.07, 6.45) is 0.350. The van der Waals surface area contributed by atoms with Crippen LogP contribution in [0.1, 0.15) is 43.4 Å². The molecular formula is C29H33FN2O3. The number of nitrogens with one attached hydrogen (secondary N) is 1. The molecule has 0 saturated carbocycles. The summed E-state index contributed by atoms with van der Waals surface area (Å²) >= 11 is 0. The van der Waals surface area contributed by atoms with Crippen molar-refractivity contribution in [1.82, 2.24) is 10.2 Å². The van der Waals surface area contributed by atoms with Gasteiger partial charge in [-0.15, -0.1) is 0 Å². The smallest absolute Gasteiger partial charge is 0.261 e. The second-order valence-corrected chi connectivity index (χ2v) is 8.76. The first kappa shape index (κ1) is 25.9. The van der Waals surface area contributed by atoms with E-state index in [1.807, 2.05) is 61.5 Å². The topological polar surface area (TPSA) is 58.6 Å². The summed E-state index contributed by atoms with van der Waals surface area (Å²) in [7, 11) is 0. The second kappa shape index (κ2) is 12.7. The molecule has 0 radical (unpaired) electrons. The summed E-state index contributed by atoms with van der Waals surface area (Å²) in [5.41, 5.74) is 2.84. The van der Waals surface area contributed by atoms with Crippen molar-refractivity contribution in [2.24, 2.45) is 0 Å². The van der Waals surface area contributed by atoms with Crippen LogP contribution in [0.4, 0.5) is 4.39 Å². The molecule has 0 fully saturated rings. The zero-order valence-corrected chi connectivity index (χ0v) is 20.5. The monoisotopic (exact) mass is 476 g/mol. The van der Waals surface area contributed by atoms with E-state index < -0.39 is 6.04 Å². The number of likely N-dealkylation sites (N-methyl/N-ethyl adjacent to an activating group) is 1. The van der Waals surface area contributed by atoms with Gasteiger partial charge in [-0.1, -0.05) is 68.4 Å². The first-order valence-corrected chi connectivity index (χ1v) is 12.0. The third-order valence-corrected chi connectivity index (χ3v) is 5.80. The van der Waals surface area contributed by atoms with Gasteiger partial charge in [0.15, 0.2) is 6.61 Å². The molecule has 0 aliphatic heterocycles. The zero-order chi connectivity index (χ0) is 25.2. The fourth-order valence-corrected chi connectivity index (χ4v) is 3.81. The van der Waals surface area contributed by atoms with Crippen LogP contribution in [-0.2, 0) is 22.6 Å². The molecule has 6 heteroatoms. The lowest BCUT2D eigenvalue weighted by molar-refractivity contribution is -0.142. The molecule has 2 amide bonds. The maximum absolute atomic E-state index is 13.5. The summed E-state index contributed by atoms with van der Waals surface area (Å²) in [4.78, 5) is 28.1. The maximum Gasteiger partial charge on any atom is 0.261 e. The highest BCUT2D eigenvalue weighted by molar-refractivity contribution is 5.88. The van der Waals surface area contributed by atoms with Crippen LogP contribution in [0.3, 0.4) is 0 Å². The lowest BCUT2D eigenvalue weighted by Crippen LogP contribution is -2.51. The predicted octanol–water partition coefficient (Wildman–Crippen LogP) is 5.10. The molecule has 3 rings (SSSR count). The molecule has 0 aliphatic carbocycles. The van der Waals surface area contributed by atoms with Crippen LogP contribution in [0.15, 0.2) is 78.9 Å². The van der Waals surface area contributed by atoms with Gasteiger partial charge in [0.2, 0.25) is 5.91 Å². The minimum atomic E-state index is -0.748. The Kier molecular flexibility index (Phi) is 9.41. The van der Waals surface area contributed by atoms with Crippen molar-refractivity contribution in [2.45, 2.75) is 45.7 Å². The summed E-state index contributed by atoms with van der Waals surface area (Å²) in [5, 5.41) is 2.85. The van der Waals surface area contributed by atoms with Crippen LogP contribution >= 0.6 is 0 Å². The lowest BCUT2D eigenvalue weighted by Gasteiger charge is -2.31. The average Bonchev–Trinajstić information content (AvgIpc) is 2.86. The lowest BCUT2D eigenvalue weighted by atomic mass is 10.0. The molecule has 5 nitrogen and oxygen atoms in total. The number of halogens is 1. The number of ether oxygens (including phenoxy) is 1. The van der Waals surface area contributed by atoms with Crippen LogP contribution in [0.25, 0.3) is 0 Å². The fourth-order valence-electron chi connectivity index (χ4n) is 3.81. The Morgan fingerprint density at radius 3 is 2.17 bits per heavy atom. The van der Waals surface area contributed by atoms with Gasteiger partial charge in [-0.2, -0.15) is 0 Å². The number of amides is 2. The molecular weight excluding hydrogens is 443 g/mol. The molecule has 0 spiro atoms. The predicted molar refractivity (Wildman–Crippen MR) is 136 cm³/mol. The van der Waals surface area contributed by atoms with Gasteiger partial charge in [-0.25, -0.2) is 4.39 Å². The van der Waals surface area contributed by atoms with Gasteiger partial charge in [-0.3, -0.25) is 9.59 Å². The first-order valence-electron chi connectivity index (χ1n) is 12.0. The SMILES string of the molecule is CCNC(=O)[C@H](Cc1ccccc1)N(Cc1ccc(F)cc1)C(=O)COc1ccc(C(C)C)cc1. The number of rotatable bonds is 11. The molecule has 184 valence electrons. The van der Waals surface area contributed by atoms with E-state index in [9.17, 15) is 14.0 Å². The molecule has 0 unspecified atom stereocenters. The molecule has 0 aliphatic rings. The first-order chi connectivity index (χ1) is 16.9. The van der Waals surface area contributed by atoms with Gasteiger partial charge in [-0.05, 0) is 53.8 Å². The van der Waals surface area contributed by atoms with Crippen molar-refractivity contribution in [1.29, 1.82) is 0 Å². The summed E-state index contributed by atoms with van der Waals surface area (Å²) in [6.45, 7) is 6.45. The van der Waals surface area contributed by atoms with Crippen molar-refractivity contribution in [3.05, 3.63) is 101 Å². The fraction of sp³-hybridized carbons (Fsp3) is 0.310. The highest BCUT2D eigenvalue weighted by Crippen LogP contribution is 2.20. The molecule has 35 heavy (non-hydrogen) atoms. The Morgan fingerprint density at radius 2 is 1.57 bits per heavy atom. The Balaban J connectivity index is 1.85. The van der Waals surface area contributed by atoms with Crippen LogP contribution in [0.2, 0.25) is 0 Å². The molecule has 3 aromatic carbocycles. The number of benzene rings is 3. The summed E-state index contributed by atoms with van der Waals surface area (Å²) in [6, 6.07) is 22.4. The highest BCUT2D eigenvalue weighted by atomic mass is 19.1. The number of hydrogen-bond acceptors (Lipinski definition) is 3. The molecule has 0 saturated heterocycles. The average molecular weight is 477 g/mol. The van der Waals surface area contributed by atoms with E-state index in [4.69, 9.17) is 4.74 Å². The summed E-state index contributed by atoms with van der Waals surface area (Å²) < 4.78 is 19.3. The van der Waals surface area contributed by atoms with Crippen molar-refractivity contribution in [3.8, 4) is 5.75 Å². The van der Waals surface area contributed by atoms with Gasteiger partial charge in [0.1, 0.15) is 17.6 Å². The van der Waals surface area contributed by atoms with Crippen molar-refractivity contribution >= 4 is 11.8 Å². The molecule has 1 N–H and O–H groups in total. The normalized spacial score (nSPS) is 11.7.